The van der Waals surface area contributed by atoms with Crippen LogP contribution in [0.25, 0.3) is 11.3 Å². The van der Waals surface area contributed by atoms with Gasteiger partial charge in [0.25, 0.3) is 5.91 Å². The zero-order chi connectivity index (χ0) is 37.3. The Morgan fingerprint density at radius 1 is 1.02 bits per heavy atom. The first-order chi connectivity index (χ1) is 24.7. The molecule has 1 aliphatic carbocycles. The first-order valence-electron chi connectivity index (χ1n) is 16.2. The summed E-state index contributed by atoms with van der Waals surface area (Å²) in [5, 5.41) is 24.7. The molecule has 15 heteroatoms. The number of alkyl halides is 3. The minimum absolute atomic E-state index is 0.0250. The monoisotopic (exact) mass is 743 g/mol. The minimum Gasteiger partial charge on any atom is -0.493 e. The zero-order valence-corrected chi connectivity index (χ0v) is 28.5. The van der Waals surface area contributed by atoms with Crippen LogP contribution in [-0.4, -0.2) is 77.5 Å². The fourth-order valence-corrected chi connectivity index (χ4v) is 5.87. The lowest BCUT2D eigenvalue weighted by Crippen LogP contribution is -2.60. The average molecular weight is 744 g/mol. The normalized spacial score (nSPS) is 16.7. The third-order valence-corrected chi connectivity index (χ3v) is 9.07. The highest BCUT2D eigenvalue weighted by Crippen LogP contribution is 2.42. The van der Waals surface area contributed by atoms with Crippen molar-refractivity contribution in [2.24, 2.45) is 0 Å². The molecule has 4 aromatic rings. The second-order valence-corrected chi connectivity index (χ2v) is 13.2. The van der Waals surface area contributed by atoms with E-state index in [1.165, 1.54) is 42.3 Å². The van der Waals surface area contributed by atoms with Gasteiger partial charge >= 0.3 is 12.1 Å². The van der Waals surface area contributed by atoms with Gasteiger partial charge in [-0.1, -0.05) is 41.9 Å². The molecule has 1 atom stereocenters. The number of nitrogens with zero attached hydrogens (tertiary/aromatic N) is 2. The van der Waals surface area contributed by atoms with Crippen molar-refractivity contribution in [2.45, 2.75) is 42.9 Å². The molecular weight excluding hydrogens is 710 g/mol. The van der Waals surface area contributed by atoms with E-state index in [-0.39, 0.29) is 65.5 Å². The quantitative estimate of drug-likeness (QED) is 0.120. The Labute approximate surface area is 300 Å². The number of pyridine rings is 1. The summed E-state index contributed by atoms with van der Waals surface area (Å²) >= 11 is 5.97. The molecule has 1 unspecified atom stereocenters. The fraction of sp³-hybridized carbons (Fsp3) is 0.324. The van der Waals surface area contributed by atoms with Gasteiger partial charge in [-0.05, 0) is 72.5 Å². The second-order valence-electron chi connectivity index (χ2n) is 12.8. The number of hydrogen-bond donors (Lipinski definition) is 3. The zero-order valence-electron chi connectivity index (χ0n) is 27.8. The SMILES string of the molecule is COc1cc(C(=O)NCC(O)(c2cc(C3(O)CN(CC(=O)OCc4ccccc4)C3)cc(-c3ccc(F)c(Cl)c3)n2)C(F)(F)F)ccc1OC1CC1. The summed E-state index contributed by atoms with van der Waals surface area (Å²) in [6, 6.07) is 18.7. The van der Waals surface area contributed by atoms with E-state index in [1.54, 1.807) is 24.3 Å². The number of esters is 1. The van der Waals surface area contributed by atoms with Gasteiger partial charge in [-0.2, -0.15) is 13.2 Å². The molecule has 2 heterocycles. The summed E-state index contributed by atoms with van der Waals surface area (Å²) < 4.78 is 74.9. The number of amides is 1. The molecular formula is C37H34ClF4N3O7. The summed E-state index contributed by atoms with van der Waals surface area (Å²) in [5.74, 6) is -1.73. The molecule has 2 aliphatic rings. The molecule has 1 saturated carbocycles. The minimum atomic E-state index is -5.39. The van der Waals surface area contributed by atoms with E-state index in [0.29, 0.717) is 5.75 Å². The second kappa shape index (κ2) is 14.7. The van der Waals surface area contributed by atoms with Crippen LogP contribution >= 0.6 is 11.6 Å². The van der Waals surface area contributed by atoms with Gasteiger partial charge in [0.1, 0.15) is 18.0 Å². The molecule has 10 nitrogen and oxygen atoms in total. The van der Waals surface area contributed by atoms with Crippen LogP contribution in [0.1, 0.15) is 40.0 Å². The number of hydrogen-bond acceptors (Lipinski definition) is 9. The van der Waals surface area contributed by atoms with Crippen LogP contribution in [0.5, 0.6) is 11.5 Å². The van der Waals surface area contributed by atoms with E-state index in [0.717, 1.165) is 36.6 Å². The molecule has 1 aromatic heterocycles. The molecule has 2 fully saturated rings. The van der Waals surface area contributed by atoms with Gasteiger partial charge in [0.15, 0.2) is 11.5 Å². The molecule has 3 aromatic carbocycles. The van der Waals surface area contributed by atoms with E-state index in [9.17, 15) is 37.4 Å². The summed E-state index contributed by atoms with van der Waals surface area (Å²) in [7, 11) is 1.36. The number of likely N-dealkylation sites (tertiary alicyclic amines) is 1. The largest absolute Gasteiger partial charge is 0.493 e. The number of aliphatic hydroxyl groups is 2. The summed E-state index contributed by atoms with van der Waals surface area (Å²) in [5.41, 5.74) is -5.94. The number of halogens is 5. The molecule has 1 amide bonds. The van der Waals surface area contributed by atoms with Crippen LogP contribution < -0.4 is 14.8 Å². The molecule has 0 spiro atoms. The van der Waals surface area contributed by atoms with Gasteiger partial charge < -0.3 is 29.7 Å². The number of benzene rings is 3. The molecule has 52 heavy (non-hydrogen) atoms. The van der Waals surface area contributed by atoms with Crippen molar-refractivity contribution < 1.29 is 51.6 Å². The van der Waals surface area contributed by atoms with Gasteiger partial charge in [0, 0.05) is 24.2 Å². The van der Waals surface area contributed by atoms with Crippen LogP contribution in [0.4, 0.5) is 17.6 Å². The maximum absolute atomic E-state index is 14.8. The summed E-state index contributed by atoms with van der Waals surface area (Å²) in [6.07, 6.45) is -3.63. The lowest BCUT2D eigenvalue weighted by Gasteiger charge is -2.46. The number of β-amino-alcohol motifs (C(OH)–C–C–N with tert-alkyl or cyclic N) is 1. The first-order valence-corrected chi connectivity index (χ1v) is 16.6. The van der Waals surface area contributed by atoms with Crippen LogP contribution in [0.3, 0.4) is 0 Å². The molecule has 274 valence electrons. The molecule has 1 aliphatic heterocycles. The number of carbonyl (C=O) groups is 2. The van der Waals surface area contributed by atoms with Crippen molar-refractivity contribution in [1.29, 1.82) is 0 Å². The molecule has 1 saturated heterocycles. The number of methoxy groups -OCH3 is 1. The van der Waals surface area contributed by atoms with Crippen molar-refractivity contribution in [1.82, 2.24) is 15.2 Å². The Kier molecular flexibility index (Phi) is 10.5. The molecule has 0 bridgehead atoms. The van der Waals surface area contributed by atoms with Crippen LogP contribution in [0.2, 0.25) is 5.02 Å². The van der Waals surface area contributed by atoms with Crippen molar-refractivity contribution in [3.8, 4) is 22.8 Å². The highest BCUT2D eigenvalue weighted by atomic mass is 35.5. The molecule has 0 radical (unpaired) electrons. The Bertz CT molecular complexity index is 1960. The third kappa shape index (κ3) is 8.15. The average Bonchev–Trinajstić information content (AvgIpc) is 3.94. The number of rotatable bonds is 13. The third-order valence-electron chi connectivity index (χ3n) is 8.79. The maximum atomic E-state index is 14.8. The van der Waals surface area contributed by atoms with Crippen molar-refractivity contribution in [3.63, 3.8) is 0 Å². The number of aromatic nitrogens is 1. The Hall–Kier alpha value is -4.76. The van der Waals surface area contributed by atoms with Gasteiger partial charge in [-0.3, -0.25) is 14.5 Å². The summed E-state index contributed by atoms with van der Waals surface area (Å²) in [6.45, 7) is -1.89. The van der Waals surface area contributed by atoms with Crippen molar-refractivity contribution in [2.75, 3.05) is 33.3 Å². The Balaban J connectivity index is 1.25. The standard InChI is InChI=1S/C37H34ClF4N3O7/c1-50-31-14-24(8-12-30(31)52-26-9-10-26)34(47)43-19-36(49,37(40,41)42)32-16-25(15-29(44-32)23-7-11-28(39)27(38)13-23)35(48)20-45(21-35)17-33(46)51-18-22-5-3-2-4-6-22/h2-8,11-16,26,48-49H,9-10,17-21H2,1H3,(H,43,47). The van der Waals surface area contributed by atoms with Crippen molar-refractivity contribution >= 4 is 23.5 Å². The number of ether oxygens (including phenoxy) is 3. The highest BCUT2D eigenvalue weighted by molar-refractivity contribution is 6.31. The predicted octanol–water partition coefficient (Wildman–Crippen LogP) is 5.52. The number of nitrogens with one attached hydrogen (secondary N) is 1. The van der Waals surface area contributed by atoms with E-state index >= 15 is 0 Å². The van der Waals surface area contributed by atoms with Crippen LogP contribution in [0, 0.1) is 5.82 Å². The van der Waals surface area contributed by atoms with E-state index in [4.69, 9.17) is 25.8 Å². The van der Waals surface area contributed by atoms with Gasteiger partial charge in [-0.25, -0.2) is 9.37 Å². The van der Waals surface area contributed by atoms with Gasteiger partial charge in [0.05, 0.1) is 42.7 Å². The highest BCUT2D eigenvalue weighted by Gasteiger charge is 2.57. The smallest absolute Gasteiger partial charge is 0.424 e. The van der Waals surface area contributed by atoms with Crippen molar-refractivity contribution in [3.05, 3.63) is 112 Å². The summed E-state index contributed by atoms with van der Waals surface area (Å²) in [4.78, 5) is 31.2. The predicted molar refractivity (Wildman–Crippen MR) is 180 cm³/mol. The molecule has 3 N–H and O–H groups in total. The Morgan fingerprint density at radius 2 is 1.75 bits per heavy atom. The van der Waals surface area contributed by atoms with E-state index in [1.807, 2.05) is 6.07 Å². The first kappa shape index (κ1) is 37.0. The molecule has 6 rings (SSSR count). The lowest BCUT2D eigenvalue weighted by molar-refractivity contribution is -0.265. The Morgan fingerprint density at radius 3 is 2.40 bits per heavy atom. The topological polar surface area (TPSA) is 130 Å². The number of carbonyl (C=O) groups excluding carboxylic acids is 2. The van der Waals surface area contributed by atoms with E-state index in [2.05, 4.69) is 10.3 Å². The lowest BCUT2D eigenvalue weighted by atomic mass is 9.83. The van der Waals surface area contributed by atoms with Gasteiger partial charge in [0.2, 0.25) is 5.60 Å². The van der Waals surface area contributed by atoms with Crippen LogP contribution in [0.15, 0.2) is 78.9 Å². The fourth-order valence-electron chi connectivity index (χ4n) is 5.69. The van der Waals surface area contributed by atoms with Crippen LogP contribution in [-0.2, 0) is 27.3 Å². The van der Waals surface area contributed by atoms with Gasteiger partial charge in [-0.15, -0.1) is 0 Å². The van der Waals surface area contributed by atoms with E-state index < -0.39 is 47.3 Å². The maximum Gasteiger partial charge on any atom is 0.424 e.